The molecule has 0 radical (unpaired) electrons. The summed E-state index contributed by atoms with van der Waals surface area (Å²) >= 11 is 1.50. The van der Waals surface area contributed by atoms with Crippen molar-refractivity contribution in [2.45, 2.75) is 25.9 Å². The number of ether oxygens (including phenoxy) is 2. The molecule has 2 aromatic rings. The molecule has 3 rings (SSSR count). The van der Waals surface area contributed by atoms with Crippen LogP contribution in [0.1, 0.15) is 19.8 Å². The van der Waals surface area contributed by atoms with Crippen LogP contribution in [0.3, 0.4) is 0 Å². The average Bonchev–Trinajstić information content (AvgIpc) is 2.96. The van der Waals surface area contributed by atoms with Crippen molar-refractivity contribution in [1.82, 2.24) is 9.29 Å². The molecule has 0 unspecified atom stereocenters. The van der Waals surface area contributed by atoms with Crippen molar-refractivity contribution < 1.29 is 17.9 Å². The van der Waals surface area contributed by atoms with Crippen molar-refractivity contribution >= 4 is 31.6 Å². The molecular weight excluding hydrogens is 336 g/mol. The molecule has 1 fully saturated rings. The lowest BCUT2D eigenvalue weighted by Crippen LogP contribution is -2.42. The standard InChI is InChI=1S/C15H20N2O4S2/c1-3-23(18,19)17-8-6-11(7-9-17)21-15-16-13-10-12(20-2)4-5-14(13)22-15/h4-5,10-11H,3,6-9H2,1-2H3. The summed E-state index contributed by atoms with van der Waals surface area (Å²) in [7, 11) is -1.47. The van der Waals surface area contributed by atoms with Gasteiger partial charge in [-0.05, 0) is 31.9 Å². The van der Waals surface area contributed by atoms with E-state index >= 15 is 0 Å². The summed E-state index contributed by atoms with van der Waals surface area (Å²) in [5.74, 6) is 0.922. The van der Waals surface area contributed by atoms with E-state index in [0.717, 1.165) is 16.0 Å². The van der Waals surface area contributed by atoms with Gasteiger partial charge in [0.25, 0.3) is 5.19 Å². The highest BCUT2D eigenvalue weighted by molar-refractivity contribution is 7.89. The molecule has 1 aliphatic heterocycles. The number of aromatic nitrogens is 1. The number of piperidine rings is 1. The highest BCUT2D eigenvalue weighted by Gasteiger charge is 2.28. The third kappa shape index (κ3) is 3.59. The van der Waals surface area contributed by atoms with Gasteiger partial charge in [0.2, 0.25) is 10.0 Å². The minimum absolute atomic E-state index is 0.0146. The Hall–Kier alpha value is -1.38. The van der Waals surface area contributed by atoms with E-state index in [9.17, 15) is 8.42 Å². The van der Waals surface area contributed by atoms with Crippen LogP contribution in [-0.2, 0) is 10.0 Å². The Kier molecular flexibility index (Phi) is 4.74. The summed E-state index contributed by atoms with van der Waals surface area (Å²) in [5, 5.41) is 0.630. The first-order valence-corrected chi connectivity index (χ1v) is 10.0. The molecule has 0 aliphatic carbocycles. The van der Waals surface area contributed by atoms with Gasteiger partial charge >= 0.3 is 0 Å². The first-order valence-electron chi connectivity index (χ1n) is 7.61. The molecule has 126 valence electrons. The quantitative estimate of drug-likeness (QED) is 0.823. The van der Waals surface area contributed by atoms with Crippen LogP contribution in [0, 0.1) is 0 Å². The van der Waals surface area contributed by atoms with Crippen molar-refractivity contribution in [3.63, 3.8) is 0 Å². The molecule has 0 atom stereocenters. The Morgan fingerprint density at radius 2 is 2.09 bits per heavy atom. The molecule has 2 heterocycles. The Bertz CT molecular complexity index is 780. The van der Waals surface area contributed by atoms with E-state index in [1.165, 1.54) is 11.3 Å². The molecule has 8 heteroatoms. The first-order chi connectivity index (χ1) is 11.0. The van der Waals surface area contributed by atoms with E-state index in [0.29, 0.717) is 31.1 Å². The maximum atomic E-state index is 11.9. The molecule has 0 spiro atoms. The summed E-state index contributed by atoms with van der Waals surface area (Å²) in [4.78, 5) is 4.48. The van der Waals surface area contributed by atoms with Gasteiger partial charge in [-0.15, -0.1) is 0 Å². The predicted octanol–water partition coefficient (Wildman–Crippen LogP) is 2.50. The van der Waals surface area contributed by atoms with Crippen LogP contribution in [0.15, 0.2) is 18.2 Å². The molecular formula is C15H20N2O4S2. The van der Waals surface area contributed by atoms with E-state index in [2.05, 4.69) is 4.98 Å². The number of sulfonamides is 1. The fourth-order valence-electron chi connectivity index (χ4n) is 2.62. The molecule has 0 amide bonds. The fraction of sp³-hybridized carbons (Fsp3) is 0.533. The minimum Gasteiger partial charge on any atom is -0.497 e. The zero-order chi connectivity index (χ0) is 16.4. The Morgan fingerprint density at radius 1 is 1.35 bits per heavy atom. The normalized spacial score (nSPS) is 17.5. The van der Waals surface area contributed by atoms with E-state index < -0.39 is 10.0 Å². The van der Waals surface area contributed by atoms with Crippen molar-refractivity contribution in [1.29, 1.82) is 0 Å². The van der Waals surface area contributed by atoms with Crippen molar-refractivity contribution in [3.8, 4) is 10.9 Å². The summed E-state index contributed by atoms with van der Waals surface area (Å²) in [6, 6.07) is 5.75. The molecule has 0 saturated carbocycles. The molecule has 1 saturated heterocycles. The van der Waals surface area contributed by atoms with Crippen molar-refractivity contribution in [2.24, 2.45) is 0 Å². The largest absolute Gasteiger partial charge is 0.497 e. The van der Waals surface area contributed by atoms with Gasteiger partial charge in [0.1, 0.15) is 11.9 Å². The zero-order valence-corrected chi connectivity index (χ0v) is 14.8. The van der Waals surface area contributed by atoms with Crippen LogP contribution in [0.4, 0.5) is 0 Å². The second kappa shape index (κ2) is 6.62. The Morgan fingerprint density at radius 3 is 2.74 bits per heavy atom. The second-order valence-electron chi connectivity index (χ2n) is 5.43. The first kappa shape index (κ1) is 16.5. The topological polar surface area (TPSA) is 68.7 Å². The third-order valence-electron chi connectivity index (χ3n) is 4.00. The van der Waals surface area contributed by atoms with Crippen LogP contribution < -0.4 is 9.47 Å². The lowest BCUT2D eigenvalue weighted by molar-refractivity contribution is 0.135. The van der Waals surface area contributed by atoms with Gasteiger partial charge < -0.3 is 9.47 Å². The van der Waals surface area contributed by atoms with Gasteiger partial charge in [-0.3, -0.25) is 0 Å². The van der Waals surface area contributed by atoms with Crippen LogP contribution in [0.5, 0.6) is 10.9 Å². The number of rotatable bonds is 5. The number of benzene rings is 1. The van der Waals surface area contributed by atoms with E-state index in [1.54, 1.807) is 18.3 Å². The smallest absolute Gasteiger partial charge is 0.274 e. The van der Waals surface area contributed by atoms with Crippen LogP contribution in [0.2, 0.25) is 0 Å². The monoisotopic (exact) mass is 356 g/mol. The maximum absolute atomic E-state index is 11.9. The van der Waals surface area contributed by atoms with E-state index in [4.69, 9.17) is 9.47 Å². The molecule has 1 aromatic heterocycles. The molecule has 0 bridgehead atoms. The summed E-state index contributed by atoms with van der Waals surface area (Å²) in [5.41, 5.74) is 0.857. The molecule has 6 nitrogen and oxygen atoms in total. The van der Waals surface area contributed by atoms with Gasteiger partial charge in [0, 0.05) is 19.2 Å². The minimum atomic E-state index is -3.09. The summed E-state index contributed by atoms with van der Waals surface area (Å²) < 4.78 is 37.5. The lowest BCUT2D eigenvalue weighted by atomic mass is 10.1. The zero-order valence-electron chi connectivity index (χ0n) is 13.2. The van der Waals surface area contributed by atoms with Crippen LogP contribution in [0.25, 0.3) is 10.2 Å². The van der Waals surface area contributed by atoms with Gasteiger partial charge in [0.15, 0.2) is 0 Å². The highest BCUT2D eigenvalue weighted by Crippen LogP contribution is 2.32. The van der Waals surface area contributed by atoms with Gasteiger partial charge in [-0.2, -0.15) is 0 Å². The van der Waals surface area contributed by atoms with Gasteiger partial charge in [-0.1, -0.05) is 11.3 Å². The summed E-state index contributed by atoms with van der Waals surface area (Å²) in [6.07, 6.45) is 1.40. The summed E-state index contributed by atoms with van der Waals surface area (Å²) in [6.45, 7) is 2.70. The number of nitrogens with zero attached hydrogens (tertiary/aromatic N) is 2. The van der Waals surface area contributed by atoms with E-state index in [-0.39, 0.29) is 11.9 Å². The average molecular weight is 356 g/mol. The van der Waals surface area contributed by atoms with Gasteiger partial charge in [0.05, 0.1) is 23.1 Å². The molecule has 23 heavy (non-hydrogen) atoms. The number of hydrogen-bond donors (Lipinski definition) is 0. The molecule has 1 aromatic carbocycles. The SMILES string of the molecule is CCS(=O)(=O)N1CCC(Oc2nc3cc(OC)ccc3s2)CC1. The Labute approximate surface area is 140 Å². The van der Waals surface area contributed by atoms with Gasteiger partial charge in [-0.25, -0.2) is 17.7 Å². The predicted molar refractivity (Wildman–Crippen MR) is 90.9 cm³/mol. The Balaban J connectivity index is 1.65. The number of fused-ring (bicyclic) bond motifs is 1. The molecule has 1 aliphatic rings. The highest BCUT2D eigenvalue weighted by atomic mass is 32.2. The number of thiazole rings is 1. The van der Waals surface area contributed by atoms with Crippen LogP contribution >= 0.6 is 11.3 Å². The maximum Gasteiger partial charge on any atom is 0.274 e. The third-order valence-corrected chi connectivity index (χ3v) is 6.81. The fourth-order valence-corrected chi connectivity index (χ4v) is 4.61. The van der Waals surface area contributed by atoms with E-state index in [1.807, 2.05) is 18.2 Å². The van der Waals surface area contributed by atoms with Crippen molar-refractivity contribution in [3.05, 3.63) is 18.2 Å². The van der Waals surface area contributed by atoms with Crippen LogP contribution in [-0.4, -0.2) is 49.8 Å². The number of methoxy groups -OCH3 is 1. The van der Waals surface area contributed by atoms with Crippen molar-refractivity contribution in [2.75, 3.05) is 26.0 Å². The number of hydrogen-bond acceptors (Lipinski definition) is 6. The lowest BCUT2D eigenvalue weighted by Gasteiger charge is -2.30. The molecule has 0 N–H and O–H groups in total. The second-order valence-corrected chi connectivity index (χ2v) is 8.68.